The van der Waals surface area contributed by atoms with Gasteiger partial charge in [0.15, 0.2) is 0 Å². The van der Waals surface area contributed by atoms with Gasteiger partial charge in [0.1, 0.15) is 0 Å². The smallest absolute Gasteiger partial charge is 0.0972 e. The molecule has 15 aromatic carbocycles. The molecule has 0 fully saturated rings. The summed E-state index contributed by atoms with van der Waals surface area (Å²) in [5, 5.41) is 14.9. The Morgan fingerprint density at radius 2 is 0.515 bits per heavy atom. The van der Waals surface area contributed by atoms with E-state index in [0.717, 1.165) is 44.3 Å². The molecule has 458 valence electrons. The molecule has 0 saturated carbocycles. The van der Waals surface area contributed by atoms with Crippen LogP contribution in [-0.4, -0.2) is 9.97 Å². The van der Waals surface area contributed by atoms with Crippen molar-refractivity contribution in [2.24, 2.45) is 0 Å². The van der Waals surface area contributed by atoms with Crippen LogP contribution in [0.2, 0.25) is 0 Å². The van der Waals surface area contributed by atoms with E-state index in [-0.39, 0.29) is 16.2 Å². The van der Waals surface area contributed by atoms with Crippen molar-refractivity contribution in [3.8, 4) is 89.3 Å². The van der Waals surface area contributed by atoms with Gasteiger partial charge >= 0.3 is 0 Å². The van der Waals surface area contributed by atoms with Crippen LogP contribution in [0.5, 0.6) is 0 Å². The molecule has 2 heterocycles. The highest BCUT2D eigenvalue weighted by atomic mass is 14.8. The Balaban J connectivity index is 0.000000139. The first-order valence-corrected chi connectivity index (χ1v) is 34.2. The average Bonchev–Trinajstić information content (AvgIpc) is 1.47. The molecule has 0 radical (unpaired) electrons. The first-order chi connectivity index (χ1) is 47.3. The molecule has 0 N–H and O–H groups in total. The SMILES string of the molecule is CC1(C)c2ccccc2-c2ccc(-c3ccc4c(c3)c(-c3ccc5ccccc5c3)cc3c5ccccc5c(-c5ccc6ccccc6c5)cc43)cc21.CC1(C)c2ccccc2-c2ccc(-c3ccc4ccc5ccc(-c6ccc7c(c6)C(C)(C)c6ccccc6-7)nc5c4n3)cc21. The van der Waals surface area contributed by atoms with Gasteiger partial charge in [-0.25, -0.2) is 9.97 Å². The molecule has 0 atom stereocenters. The van der Waals surface area contributed by atoms with E-state index in [4.69, 9.17) is 9.97 Å². The lowest BCUT2D eigenvalue weighted by Crippen LogP contribution is -2.14. The Morgan fingerprint density at radius 1 is 0.186 bits per heavy atom. The van der Waals surface area contributed by atoms with E-state index in [1.807, 2.05) is 0 Å². The summed E-state index contributed by atoms with van der Waals surface area (Å²) < 4.78 is 0. The molecule has 0 saturated heterocycles. The van der Waals surface area contributed by atoms with Crippen LogP contribution in [0.25, 0.3) is 165 Å². The van der Waals surface area contributed by atoms with Crippen LogP contribution in [0, 0.1) is 0 Å². The number of aromatic nitrogens is 2. The lowest BCUT2D eigenvalue weighted by molar-refractivity contribution is 0.660. The van der Waals surface area contributed by atoms with Crippen LogP contribution in [0.1, 0.15) is 74.9 Å². The van der Waals surface area contributed by atoms with Gasteiger partial charge in [0.25, 0.3) is 0 Å². The fourth-order valence-electron chi connectivity index (χ4n) is 17.1. The number of rotatable bonds is 5. The molecular weight excluding hydrogens is 1170 g/mol. The molecule has 0 aliphatic heterocycles. The van der Waals surface area contributed by atoms with E-state index in [1.54, 1.807) is 0 Å². The van der Waals surface area contributed by atoms with Gasteiger partial charge in [-0.15, -0.1) is 0 Å². The van der Waals surface area contributed by atoms with Crippen LogP contribution in [0.15, 0.2) is 303 Å². The van der Waals surface area contributed by atoms with Crippen LogP contribution >= 0.6 is 0 Å². The van der Waals surface area contributed by atoms with Crippen molar-refractivity contribution in [3.05, 3.63) is 337 Å². The zero-order valence-corrected chi connectivity index (χ0v) is 55.3. The minimum Gasteiger partial charge on any atom is -0.245 e. The van der Waals surface area contributed by atoms with Gasteiger partial charge in [-0.3, -0.25) is 0 Å². The highest BCUT2D eigenvalue weighted by molar-refractivity contribution is 6.24. The molecular formula is C95H68N2. The second kappa shape index (κ2) is 21.2. The van der Waals surface area contributed by atoms with E-state index in [2.05, 4.69) is 345 Å². The van der Waals surface area contributed by atoms with E-state index in [9.17, 15) is 0 Å². The summed E-state index contributed by atoms with van der Waals surface area (Å²) in [6, 6.07) is 112. The Morgan fingerprint density at radius 3 is 1.00 bits per heavy atom. The summed E-state index contributed by atoms with van der Waals surface area (Å²) in [4.78, 5) is 10.6. The van der Waals surface area contributed by atoms with Gasteiger partial charge in [0.2, 0.25) is 0 Å². The third-order valence-corrected chi connectivity index (χ3v) is 22.3. The Bertz CT molecular complexity index is 6070. The summed E-state index contributed by atoms with van der Waals surface area (Å²) in [6.07, 6.45) is 0. The van der Waals surface area contributed by atoms with E-state index in [0.29, 0.717) is 0 Å². The number of benzene rings is 15. The van der Waals surface area contributed by atoms with Crippen molar-refractivity contribution < 1.29 is 0 Å². The summed E-state index contributed by atoms with van der Waals surface area (Å²) in [6.45, 7) is 14.0. The van der Waals surface area contributed by atoms with E-state index < -0.39 is 0 Å². The molecule has 17 aromatic rings. The highest BCUT2D eigenvalue weighted by Gasteiger charge is 2.38. The van der Waals surface area contributed by atoms with Crippen LogP contribution in [-0.2, 0) is 16.2 Å². The second-order valence-corrected chi connectivity index (χ2v) is 28.8. The molecule has 20 rings (SSSR count). The lowest BCUT2D eigenvalue weighted by Gasteiger charge is -2.22. The van der Waals surface area contributed by atoms with Crippen molar-refractivity contribution in [2.75, 3.05) is 0 Å². The summed E-state index contributed by atoms with van der Waals surface area (Å²) >= 11 is 0. The number of hydrogen-bond acceptors (Lipinski definition) is 2. The molecule has 2 nitrogen and oxygen atoms in total. The predicted octanol–water partition coefficient (Wildman–Crippen LogP) is 25.5. The van der Waals surface area contributed by atoms with Gasteiger partial charge in [0, 0.05) is 38.1 Å². The first kappa shape index (κ1) is 56.9. The molecule has 2 aromatic heterocycles. The van der Waals surface area contributed by atoms with Crippen LogP contribution in [0.4, 0.5) is 0 Å². The Hall–Kier alpha value is -11.6. The molecule has 0 amide bonds. The standard InChI is InChI=1S/C53H36.C42H32N2/c1-53(2)51-18-10-9-17-44(51)45-26-24-38(30-52(45)53)37-23-25-43-48(29-37)47(40-22-20-34-12-4-6-14-36(34)28-40)32-49-42-16-8-7-15-41(42)46(31-50(43)49)39-21-19-33-11-3-5-13-35(33)27-39;1-41(2)33-11-7-5-9-29(33)31-19-15-27(23-35(31)41)37-21-17-25-13-14-26-18-22-38(44-40(26)39(25)43-37)28-16-20-32-30-10-6-8-12-34(30)42(3,4)36(32)24-28/h3-32H,1-2H3;5-24H,1-4H3. The Labute approximate surface area is 565 Å². The van der Waals surface area contributed by atoms with Gasteiger partial charge in [-0.05, 0) is 215 Å². The zero-order chi connectivity index (χ0) is 65.1. The van der Waals surface area contributed by atoms with E-state index in [1.165, 1.54) is 154 Å². The number of pyridine rings is 2. The quantitative estimate of drug-likeness (QED) is 0.161. The maximum atomic E-state index is 5.28. The van der Waals surface area contributed by atoms with Gasteiger partial charge in [-0.2, -0.15) is 0 Å². The van der Waals surface area contributed by atoms with Gasteiger partial charge in [0.05, 0.1) is 22.4 Å². The topological polar surface area (TPSA) is 25.8 Å². The normalized spacial score (nSPS) is 14.1. The molecule has 3 aliphatic carbocycles. The minimum atomic E-state index is -0.0501. The zero-order valence-electron chi connectivity index (χ0n) is 55.3. The van der Waals surface area contributed by atoms with Crippen molar-refractivity contribution in [1.82, 2.24) is 9.97 Å². The number of fused-ring (bicyclic) bond motifs is 19. The maximum absolute atomic E-state index is 5.28. The summed E-state index contributed by atoms with van der Waals surface area (Å²) in [5.74, 6) is 0. The molecule has 97 heavy (non-hydrogen) atoms. The Kier molecular flexibility index (Phi) is 12.4. The molecule has 3 aliphatic rings. The lowest BCUT2D eigenvalue weighted by atomic mass is 9.81. The molecule has 0 spiro atoms. The molecule has 0 bridgehead atoms. The number of hydrogen-bond donors (Lipinski definition) is 0. The van der Waals surface area contributed by atoms with E-state index >= 15 is 0 Å². The molecule has 2 heteroatoms. The summed E-state index contributed by atoms with van der Waals surface area (Å²) in [5.41, 5.74) is 29.8. The van der Waals surface area contributed by atoms with Crippen molar-refractivity contribution in [3.63, 3.8) is 0 Å². The largest absolute Gasteiger partial charge is 0.245 e. The fraction of sp³-hybridized carbons (Fsp3) is 0.0947. The fourth-order valence-corrected chi connectivity index (χ4v) is 17.1. The van der Waals surface area contributed by atoms with Crippen molar-refractivity contribution in [2.45, 2.75) is 57.8 Å². The van der Waals surface area contributed by atoms with Crippen LogP contribution in [0.3, 0.4) is 0 Å². The van der Waals surface area contributed by atoms with Crippen molar-refractivity contribution >= 4 is 75.7 Å². The van der Waals surface area contributed by atoms with Gasteiger partial charge in [-0.1, -0.05) is 284 Å². The highest BCUT2D eigenvalue weighted by Crippen LogP contribution is 2.53. The van der Waals surface area contributed by atoms with Crippen LogP contribution < -0.4 is 0 Å². The maximum Gasteiger partial charge on any atom is 0.0972 e. The monoisotopic (exact) mass is 1240 g/mol. The summed E-state index contributed by atoms with van der Waals surface area (Å²) in [7, 11) is 0. The number of nitrogens with zero attached hydrogens (tertiary/aromatic N) is 2. The molecule has 0 unspecified atom stereocenters. The third-order valence-electron chi connectivity index (χ3n) is 22.3. The third kappa shape index (κ3) is 8.79. The second-order valence-electron chi connectivity index (χ2n) is 28.8. The van der Waals surface area contributed by atoms with Gasteiger partial charge < -0.3 is 0 Å². The first-order valence-electron chi connectivity index (χ1n) is 34.2. The average molecular weight is 1240 g/mol. The van der Waals surface area contributed by atoms with Crippen molar-refractivity contribution in [1.29, 1.82) is 0 Å². The predicted molar refractivity (Wildman–Crippen MR) is 411 cm³/mol. The minimum absolute atomic E-state index is 0.0479.